The van der Waals surface area contributed by atoms with Crippen LogP contribution in [-0.2, 0) is 6.42 Å². The second kappa shape index (κ2) is 4.56. The van der Waals surface area contributed by atoms with E-state index in [1.165, 1.54) is 17.5 Å². The van der Waals surface area contributed by atoms with Crippen molar-refractivity contribution in [2.45, 2.75) is 26.2 Å². The second-order valence-electron chi connectivity index (χ2n) is 5.55. The van der Waals surface area contributed by atoms with Gasteiger partial charge in [0.25, 0.3) is 0 Å². The van der Waals surface area contributed by atoms with Crippen LogP contribution in [-0.4, -0.2) is 24.8 Å². The SMILES string of the molecule is CC(C)(CO)CNCC1Cc2ccccc21. The zero-order chi connectivity index (χ0) is 11.6. The molecular formula is C14H21NO. The first-order chi connectivity index (χ1) is 7.62. The van der Waals surface area contributed by atoms with E-state index in [1.54, 1.807) is 0 Å². The zero-order valence-corrected chi connectivity index (χ0v) is 10.2. The standard InChI is InChI=1S/C14H21NO/c1-14(2,10-16)9-15-8-12-7-11-5-3-4-6-13(11)12/h3-6,12,15-16H,7-10H2,1-2H3. The largest absolute Gasteiger partial charge is 0.396 e. The van der Waals surface area contributed by atoms with Crippen molar-refractivity contribution in [1.82, 2.24) is 5.32 Å². The first-order valence-corrected chi connectivity index (χ1v) is 6.02. The molecule has 1 aliphatic carbocycles. The number of hydrogen-bond acceptors (Lipinski definition) is 2. The van der Waals surface area contributed by atoms with Crippen molar-refractivity contribution >= 4 is 0 Å². The van der Waals surface area contributed by atoms with Gasteiger partial charge in [0.1, 0.15) is 0 Å². The van der Waals surface area contributed by atoms with Crippen LogP contribution in [0.2, 0.25) is 0 Å². The van der Waals surface area contributed by atoms with E-state index in [0.29, 0.717) is 5.92 Å². The Hall–Kier alpha value is -0.860. The van der Waals surface area contributed by atoms with Crippen LogP contribution in [0.15, 0.2) is 24.3 Å². The molecule has 88 valence electrons. The van der Waals surface area contributed by atoms with Gasteiger partial charge in [-0.05, 0) is 17.5 Å². The monoisotopic (exact) mass is 219 g/mol. The molecular weight excluding hydrogens is 198 g/mol. The summed E-state index contributed by atoms with van der Waals surface area (Å²) in [4.78, 5) is 0. The van der Waals surface area contributed by atoms with Gasteiger partial charge in [0, 0.05) is 31.0 Å². The molecule has 1 aromatic rings. The van der Waals surface area contributed by atoms with E-state index >= 15 is 0 Å². The van der Waals surface area contributed by atoms with Gasteiger partial charge in [-0.3, -0.25) is 0 Å². The lowest BCUT2D eigenvalue weighted by Gasteiger charge is -2.31. The molecule has 2 N–H and O–H groups in total. The van der Waals surface area contributed by atoms with Crippen LogP contribution >= 0.6 is 0 Å². The van der Waals surface area contributed by atoms with E-state index < -0.39 is 0 Å². The van der Waals surface area contributed by atoms with Gasteiger partial charge in [-0.25, -0.2) is 0 Å². The van der Waals surface area contributed by atoms with Crippen LogP contribution in [0.25, 0.3) is 0 Å². The lowest BCUT2D eigenvalue weighted by molar-refractivity contribution is 0.156. The third kappa shape index (κ3) is 2.45. The molecule has 0 aromatic heterocycles. The first-order valence-electron chi connectivity index (χ1n) is 6.02. The highest BCUT2D eigenvalue weighted by Gasteiger charge is 2.25. The molecule has 0 heterocycles. The molecule has 1 atom stereocenters. The van der Waals surface area contributed by atoms with Crippen LogP contribution in [0.3, 0.4) is 0 Å². The third-order valence-corrected chi connectivity index (χ3v) is 3.38. The Morgan fingerprint density at radius 2 is 2.12 bits per heavy atom. The van der Waals surface area contributed by atoms with E-state index in [-0.39, 0.29) is 12.0 Å². The number of hydrogen-bond donors (Lipinski definition) is 2. The highest BCUT2D eigenvalue weighted by atomic mass is 16.3. The Morgan fingerprint density at radius 3 is 2.81 bits per heavy atom. The van der Waals surface area contributed by atoms with Gasteiger partial charge in [-0.2, -0.15) is 0 Å². The quantitative estimate of drug-likeness (QED) is 0.793. The Labute approximate surface area is 97.7 Å². The summed E-state index contributed by atoms with van der Waals surface area (Å²) in [5, 5.41) is 12.6. The van der Waals surface area contributed by atoms with E-state index in [9.17, 15) is 0 Å². The Morgan fingerprint density at radius 1 is 1.38 bits per heavy atom. The summed E-state index contributed by atoms with van der Waals surface area (Å²) in [5.74, 6) is 0.672. The van der Waals surface area contributed by atoms with Crippen molar-refractivity contribution in [3.05, 3.63) is 35.4 Å². The average Bonchev–Trinajstić information content (AvgIpc) is 2.25. The molecule has 1 aliphatic rings. The fourth-order valence-electron chi connectivity index (χ4n) is 2.19. The van der Waals surface area contributed by atoms with Crippen LogP contribution in [0.4, 0.5) is 0 Å². The van der Waals surface area contributed by atoms with Crippen molar-refractivity contribution in [2.75, 3.05) is 19.7 Å². The fourth-order valence-corrected chi connectivity index (χ4v) is 2.19. The minimum Gasteiger partial charge on any atom is -0.396 e. The van der Waals surface area contributed by atoms with Crippen molar-refractivity contribution in [3.8, 4) is 0 Å². The predicted octanol–water partition coefficient (Wildman–Crippen LogP) is 1.93. The molecule has 1 unspecified atom stereocenters. The number of benzene rings is 1. The van der Waals surface area contributed by atoms with Gasteiger partial charge in [0.15, 0.2) is 0 Å². The van der Waals surface area contributed by atoms with Crippen molar-refractivity contribution in [3.63, 3.8) is 0 Å². The molecule has 0 radical (unpaired) electrons. The first kappa shape index (κ1) is 11.6. The maximum absolute atomic E-state index is 9.15. The van der Waals surface area contributed by atoms with Crippen molar-refractivity contribution < 1.29 is 5.11 Å². The van der Waals surface area contributed by atoms with Gasteiger partial charge >= 0.3 is 0 Å². The highest BCUT2D eigenvalue weighted by Crippen LogP contribution is 2.34. The minimum atomic E-state index is -0.0106. The summed E-state index contributed by atoms with van der Waals surface area (Å²) in [6.45, 7) is 6.30. The number of nitrogens with one attached hydrogen (secondary N) is 1. The molecule has 16 heavy (non-hydrogen) atoms. The van der Waals surface area contributed by atoms with Gasteiger partial charge in [-0.1, -0.05) is 38.1 Å². The molecule has 0 amide bonds. The number of rotatable bonds is 5. The number of fused-ring (bicyclic) bond motifs is 1. The molecule has 2 nitrogen and oxygen atoms in total. The molecule has 0 aliphatic heterocycles. The number of aliphatic hydroxyl groups is 1. The summed E-state index contributed by atoms with van der Waals surface area (Å²) >= 11 is 0. The van der Waals surface area contributed by atoms with Crippen LogP contribution in [0, 0.1) is 5.41 Å². The molecule has 0 bridgehead atoms. The van der Waals surface area contributed by atoms with Gasteiger partial charge < -0.3 is 10.4 Å². The maximum atomic E-state index is 9.15. The molecule has 0 saturated carbocycles. The van der Waals surface area contributed by atoms with E-state index in [0.717, 1.165) is 13.1 Å². The smallest absolute Gasteiger partial charge is 0.0494 e. The lowest BCUT2D eigenvalue weighted by Crippen LogP contribution is -2.36. The van der Waals surface area contributed by atoms with Crippen molar-refractivity contribution in [1.29, 1.82) is 0 Å². The predicted molar refractivity (Wildman–Crippen MR) is 66.6 cm³/mol. The summed E-state index contributed by atoms with van der Waals surface area (Å²) in [6.07, 6.45) is 1.20. The molecule has 1 aromatic carbocycles. The Kier molecular flexibility index (Phi) is 3.31. The summed E-state index contributed by atoms with van der Waals surface area (Å²) in [5.41, 5.74) is 2.98. The third-order valence-electron chi connectivity index (χ3n) is 3.38. The normalized spacial score (nSPS) is 19.1. The summed E-state index contributed by atoms with van der Waals surface area (Å²) in [7, 11) is 0. The molecule has 0 fully saturated rings. The highest BCUT2D eigenvalue weighted by molar-refractivity contribution is 5.40. The molecule has 2 rings (SSSR count). The Bertz CT molecular complexity index is 360. The summed E-state index contributed by atoms with van der Waals surface area (Å²) in [6, 6.07) is 8.66. The topological polar surface area (TPSA) is 32.3 Å². The number of aliphatic hydroxyl groups excluding tert-OH is 1. The minimum absolute atomic E-state index is 0.0106. The van der Waals surface area contributed by atoms with Crippen molar-refractivity contribution in [2.24, 2.45) is 5.41 Å². The van der Waals surface area contributed by atoms with Gasteiger partial charge in [0.2, 0.25) is 0 Å². The van der Waals surface area contributed by atoms with E-state index in [2.05, 4.69) is 43.4 Å². The molecule has 0 spiro atoms. The van der Waals surface area contributed by atoms with Gasteiger partial charge in [-0.15, -0.1) is 0 Å². The van der Waals surface area contributed by atoms with Crippen LogP contribution in [0.1, 0.15) is 30.9 Å². The lowest BCUT2D eigenvalue weighted by atomic mass is 9.77. The molecule has 0 saturated heterocycles. The molecule has 2 heteroatoms. The van der Waals surface area contributed by atoms with E-state index in [4.69, 9.17) is 5.11 Å². The van der Waals surface area contributed by atoms with E-state index in [1.807, 2.05) is 0 Å². The zero-order valence-electron chi connectivity index (χ0n) is 10.2. The maximum Gasteiger partial charge on any atom is 0.0494 e. The average molecular weight is 219 g/mol. The van der Waals surface area contributed by atoms with Crippen LogP contribution in [0.5, 0.6) is 0 Å². The summed E-state index contributed by atoms with van der Waals surface area (Å²) < 4.78 is 0. The fraction of sp³-hybridized carbons (Fsp3) is 0.571. The van der Waals surface area contributed by atoms with Gasteiger partial charge in [0.05, 0.1) is 0 Å². The Balaban J connectivity index is 1.78. The van der Waals surface area contributed by atoms with Crippen LogP contribution < -0.4 is 5.32 Å². The second-order valence-corrected chi connectivity index (χ2v) is 5.55.